The van der Waals surface area contributed by atoms with Crippen LogP contribution in [0.15, 0.2) is 29.2 Å². The third-order valence-electron chi connectivity index (χ3n) is 3.35. The second-order valence-electron chi connectivity index (χ2n) is 4.37. The molecule has 1 aliphatic rings. The van der Waals surface area contributed by atoms with Crippen LogP contribution in [0.5, 0.6) is 0 Å². The number of hydrogen-bond acceptors (Lipinski definition) is 3. The van der Waals surface area contributed by atoms with E-state index >= 15 is 0 Å². The van der Waals surface area contributed by atoms with Crippen LogP contribution in [-0.2, 0) is 0 Å². The summed E-state index contributed by atoms with van der Waals surface area (Å²) >= 11 is 2.03. The lowest BCUT2D eigenvalue weighted by molar-refractivity contribution is 0.583. The largest absolute Gasteiger partial charge is 0.370 e. The summed E-state index contributed by atoms with van der Waals surface area (Å²) in [5.74, 6) is 0. The Hall–Kier alpha value is -0.670. The van der Waals surface area contributed by atoms with Gasteiger partial charge in [-0.2, -0.15) is 0 Å². The lowest BCUT2D eigenvalue weighted by Crippen LogP contribution is -2.41. The maximum atomic E-state index is 3.24. The van der Waals surface area contributed by atoms with Crippen molar-refractivity contribution in [3.63, 3.8) is 0 Å². The fraction of sp³-hybridized carbons (Fsp3) is 0.538. The van der Waals surface area contributed by atoms with Gasteiger partial charge in [-0.15, -0.1) is 11.8 Å². The molecule has 16 heavy (non-hydrogen) atoms. The summed E-state index contributed by atoms with van der Waals surface area (Å²) in [5.41, 5.74) is 1.38. The van der Waals surface area contributed by atoms with Crippen LogP contribution in [0.2, 0.25) is 0 Å². The first-order chi connectivity index (χ1) is 7.74. The molecule has 1 aliphatic heterocycles. The van der Waals surface area contributed by atoms with Crippen molar-refractivity contribution >= 4 is 17.4 Å². The average Bonchev–Trinajstić information content (AvgIpc) is 2.32. The van der Waals surface area contributed by atoms with Gasteiger partial charge in [0.25, 0.3) is 0 Å². The van der Waals surface area contributed by atoms with Crippen molar-refractivity contribution in [3.05, 3.63) is 24.3 Å². The van der Waals surface area contributed by atoms with E-state index in [4.69, 9.17) is 0 Å². The van der Waals surface area contributed by atoms with Gasteiger partial charge in [-0.05, 0) is 39.1 Å². The molecule has 88 valence electrons. The summed E-state index contributed by atoms with van der Waals surface area (Å²) in [6.45, 7) is 3.42. The van der Waals surface area contributed by atoms with E-state index in [2.05, 4.69) is 48.5 Å². The number of benzene rings is 1. The summed E-state index contributed by atoms with van der Waals surface area (Å²) in [7, 11) is 4.23. The molecule has 2 atom stereocenters. The number of nitrogens with one attached hydrogen (secondary N) is 1. The van der Waals surface area contributed by atoms with Crippen molar-refractivity contribution in [2.45, 2.75) is 29.5 Å². The molecular formula is C13H20N2S. The Morgan fingerprint density at radius 3 is 2.88 bits per heavy atom. The number of rotatable bonds is 3. The molecule has 2 rings (SSSR count). The number of para-hydroxylation sites is 1. The van der Waals surface area contributed by atoms with Crippen LogP contribution in [0.3, 0.4) is 0 Å². The van der Waals surface area contributed by atoms with Crippen LogP contribution in [0, 0.1) is 0 Å². The van der Waals surface area contributed by atoms with Gasteiger partial charge in [-0.3, -0.25) is 0 Å². The summed E-state index contributed by atoms with van der Waals surface area (Å²) in [6, 6.07) is 9.30. The Bertz CT molecular complexity index is 354. The molecule has 1 heterocycles. The highest BCUT2D eigenvalue weighted by molar-refractivity contribution is 8.00. The molecule has 0 spiro atoms. The van der Waals surface area contributed by atoms with E-state index < -0.39 is 0 Å². The van der Waals surface area contributed by atoms with E-state index in [1.807, 2.05) is 18.8 Å². The minimum atomic E-state index is 0.605. The smallest absolute Gasteiger partial charge is 0.0504 e. The molecule has 0 fully saturated rings. The van der Waals surface area contributed by atoms with Crippen molar-refractivity contribution in [1.29, 1.82) is 0 Å². The first kappa shape index (κ1) is 11.8. The third-order valence-corrected chi connectivity index (χ3v) is 4.88. The molecule has 1 aromatic rings. The molecular weight excluding hydrogens is 216 g/mol. The van der Waals surface area contributed by atoms with Crippen LogP contribution in [0.4, 0.5) is 5.69 Å². The monoisotopic (exact) mass is 236 g/mol. The lowest BCUT2D eigenvalue weighted by Gasteiger charge is -2.39. The normalized spacial score (nSPS) is 24.3. The molecule has 0 amide bonds. The third kappa shape index (κ3) is 2.20. The van der Waals surface area contributed by atoms with Crippen LogP contribution in [-0.4, -0.2) is 31.9 Å². The second kappa shape index (κ2) is 5.11. The number of nitrogens with zero attached hydrogens (tertiary/aromatic N) is 1. The Morgan fingerprint density at radius 1 is 1.38 bits per heavy atom. The Kier molecular flexibility index (Phi) is 3.77. The molecule has 0 aromatic heterocycles. The molecule has 3 heteroatoms. The number of fused-ring (bicyclic) bond motifs is 1. The minimum Gasteiger partial charge on any atom is -0.370 e. The Morgan fingerprint density at radius 2 is 2.12 bits per heavy atom. The zero-order chi connectivity index (χ0) is 11.5. The molecule has 0 radical (unpaired) electrons. The molecule has 1 N–H and O–H groups in total. The topological polar surface area (TPSA) is 15.3 Å². The van der Waals surface area contributed by atoms with Crippen molar-refractivity contribution in [2.75, 3.05) is 25.5 Å². The maximum absolute atomic E-state index is 3.24. The number of hydrogen-bond donors (Lipinski definition) is 1. The van der Waals surface area contributed by atoms with Crippen LogP contribution < -0.4 is 10.2 Å². The summed E-state index contributed by atoms with van der Waals surface area (Å²) < 4.78 is 0. The molecule has 0 saturated carbocycles. The van der Waals surface area contributed by atoms with Crippen LogP contribution in [0.25, 0.3) is 0 Å². The van der Waals surface area contributed by atoms with Crippen molar-refractivity contribution in [1.82, 2.24) is 5.32 Å². The highest BCUT2D eigenvalue weighted by Gasteiger charge is 2.28. The van der Waals surface area contributed by atoms with Gasteiger partial charge in [0.05, 0.1) is 5.69 Å². The molecule has 0 bridgehead atoms. The van der Waals surface area contributed by atoms with Gasteiger partial charge in [0.15, 0.2) is 0 Å². The summed E-state index contributed by atoms with van der Waals surface area (Å²) in [5, 5.41) is 3.93. The number of thioether (sulfide) groups is 1. The lowest BCUT2D eigenvalue weighted by atomic mass is 10.1. The fourth-order valence-corrected chi connectivity index (χ4v) is 3.60. The SMILES string of the molecule is CNCCC1Sc2ccccc2N(C)C1C. The van der Waals surface area contributed by atoms with E-state index in [0.29, 0.717) is 11.3 Å². The first-order valence-electron chi connectivity index (χ1n) is 5.87. The molecule has 1 aromatic carbocycles. The molecule has 2 nitrogen and oxygen atoms in total. The Labute approximate surface area is 102 Å². The maximum Gasteiger partial charge on any atom is 0.0504 e. The standard InChI is InChI=1S/C13H20N2S/c1-10-12(8-9-14-2)16-13-7-5-4-6-11(13)15(10)3/h4-7,10,12,14H,8-9H2,1-3H3. The zero-order valence-electron chi connectivity index (χ0n) is 10.2. The van der Waals surface area contributed by atoms with Gasteiger partial charge < -0.3 is 10.2 Å². The van der Waals surface area contributed by atoms with Gasteiger partial charge in [-0.25, -0.2) is 0 Å². The number of anilines is 1. The first-order valence-corrected chi connectivity index (χ1v) is 6.75. The fourth-order valence-electron chi connectivity index (χ4n) is 2.17. The highest BCUT2D eigenvalue weighted by atomic mass is 32.2. The molecule has 2 unspecified atom stereocenters. The van der Waals surface area contributed by atoms with Gasteiger partial charge >= 0.3 is 0 Å². The highest BCUT2D eigenvalue weighted by Crippen LogP contribution is 2.41. The molecule has 0 saturated heterocycles. The average molecular weight is 236 g/mol. The van der Waals surface area contributed by atoms with E-state index in [0.717, 1.165) is 6.54 Å². The van der Waals surface area contributed by atoms with Gasteiger partial charge in [0.1, 0.15) is 0 Å². The van der Waals surface area contributed by atoms with Gasteiger partial charge in [0.2, 0.25) is 0 Å². The van der Waals surface area contributed by atoms with Crippen molar-refractivity contribution < 1.29 is 0 Å². The molecule has 0 aliphatic carbocycles. The van der Waals surface area contributed by atoms with E-state index in [9.17, 15) is 0 Å². The van der Waals surface area contributed by atoms with Crippen LogP contribution >= 0.6 is 11.8 Å². The van der Waals surface area contributed by atoms with E-state index in [-0.39, 0.29) is 0 Å². The van der Waals surface area contributed by atoms with E-state index in [1.54, 1.807) is 0 Å². The predicted octanol–water partition coefficient (Wildman–Crippen LogP) is 2.60. The predicted molar refractivity (Wildman–Crippen MR) is 72.5 cm³/mol. The second-order valence-corrected chi connectivity index (χ2v) is 5.65. The summed E-state index contributed by atoms with van der Waals surface area (Å²) in [6.07, 6.45) is 1.22. The quantitative estimate of drug-likeness (QED) is 0.868. The zero-order valence-corrected chi connectivity index (χ0v) is 11.1. The van der Waals surface area contributed by atoms with Crippen LogP contribution in [0.1, 0.15) is 13.3 Å². The van der Waals surface area contributed by atoms with Crippen molar-refractivity contribution in [2.24, 2.45) is 0 Å². The van der Waals surface area contributed by atoms with E-state index in [1.165, 1.54) is 17.0 Å². The summed E-state index contributed by atoms with van der Waals surface area (Å²) in [4.78, 5) is 3.83. The van der Waals surface area contributed by atoms with Crippen molar-refractivity contribution in [3.8, 4) is 0 Å². The van der Waals surface area contributed by atoms with Gasteiger partial charge in [0, 0.05) is 23.2 Å². The minimum absolute atomic E-state index is 0.605. The van der Waals surface area contributed by atoms with Gasteiger partial charge in [-0.1, -0.05) is 12.1 Å². The Balaban J connectivity index is 2.18.